The van der Waals surface area contributed by atoms with Gasteiger partial charge in [0.15, 0.2) is 0 Å². The van der Waals surface area contributed by atoms with Crippen molar-refractivity contribution in [2.24, 2.45) is 0 Å². The normalized spacial score (nSPS) is 11.1. The number of hydrogen-bond acceptors (Lipinski definition) is 3. The average molecular weight is 370 g/mol. The highest BCUT2D eigenvalue weighted by Crippen LogP contribution is 2.32. The lowest BCUT2D eigenvalue weighted by Crippen LogP contribution is -2.31. The predicted molar refractivity (Wildman–Crippen MR) is 108 cm³/mol. The molecule has 0 saturated heterocycles. The zero-order chi connectivity index (χ0) is 20.0. The first-order valence-corrected chi connectivity index (χ1v) is 9.50. The van der Waals surface area contributed by atoms with E-state index in [0.717, 1.165) is 16.8 Å². The Morgan fingerprint density at radius 2 is 1.67 bits per heavy atom. The molecule has 2 aromatic rings. The van der Waals surface area contributed by atoms with E-state index in [4.69, 9.17) is 4.42 Å². The summed E-state index contributed by atoms with van der Waals surface area (Å²) < 4.78 is 5.31. The van der Waals surface area contributed by atoms with Crippen molar-refractivity contribution in [3.63, 3.8) is 0 Å². The van der Waals surface area contributed by atoms with Gasteiger partial charge in [0, 0.05) is 25.6 Å². The Hall–Kier alpha value is -2.56. The highest BCUT2D eigenvalue weighted by molar-refractivity contribution is 5.93. The molecule has 5 heteroatoms. The predicted octanol–water partition coefficient (Wildman–Crippen LogP) is 4.90. The number of carbonyl (C=O) groups is 2. The topological polar surface area (TPSA) is 62.6 Å². The minimum Gasteiger partial charge on any atom is -0.467 e. The van der Waals surface area contributed by atoms with Gasteiger partial charge in [0.05, 0.1) is 12.8 Å². The van der Waals surface area contributed by atoms with Crippen molar-refractivity contribution in [2.75, 3.05) is 11.9 Å². The second-order valence-electron chi connectivity index (χ2n) is 7.44. The van der Waals surface area contributed by atoms with E-state index in [0.29, 0.717) is 30.7 Å². The Labute approximate surface area is 161 Å². The summed E-state index contributed by atoms with van der Waals surface area (Å²) in [7, 11) is 0. The molecule has 1 aromatic carbocycles. The smallest absolute Gasteiger partial charge is 0.226 e. The molecule has 0 unspecified atom stereocenters. The standard InChI is InChI=1S/C22H30N2O3/c1-15(2)19-9-6-10-20(16(3)4)22(19)23-21(26)11-12-24(17(5)25)14-18-8-7-13-27-18/h6-10,13,15-16H,11-12,14H2,1-5H3,(H,23,26). The number of nitrogens with one attached hydrogen (secondary N) is 1. The molecule has 2 amide bonds. The number of nitrogens with zero attached hydrogens (tertiary/aromatic N) is 1. The van der Waals surface area contributed by atoms with Crippen LogP contribution in [-0.4, -0.2) is 23.3 Å². The molecular formula is C22H30N2O3. The first kappa shape index (κ1) is 20.7. The molecule has 146 valence electrons. The van der Waals surface area contributed by atoms with Crippen LogP contribution >= 0.6 is 0 Å². The van der Waals surface area contributed by atoms with Crippen LogP contribution in [0.5, 0.6) is 0 Å². The summed E-state index contributed by atoms with van der Waals surface area (Å²) >= 11 is 0. The maximum Gasteiger partial charge on any atom is 0.226 e. The molecule has 1 N–H and O–H groups in total. The molecule has 0 aliphatic heterocycles. The summed E-state index contributed by atoms with van der Waals surface area (Å²) in [5.74, 6) is 1.16. The number of benzene rings is 1. The van der Waals surface area contributed by atoms with Crippen LogP contribution in [0, 0.1) is 0 Å². The van der Waals surface area contributed by atoms with Crippen molar-refractivity contribution in [3.8, 4) is 0 Å². The number of anilines is 1. The number of carbonyl (C=O) groups excluding carboxylic acids is 2. The van der Waals surface area contributed by atoms with Crippen LogP contribution in [0.15, 0.2) is 41.0 Å². The fraction of sp³-hybridized carbons (Fsp3) is 0.455. The SMILES string of the molecule is CC(=O)N(CCC(=O)Nc1c(C(C)C)cccc1C(C)C)Cc1ccco1. The summed E-state index contributed by atoms with van der Waals surface area (Å²) in [4.78, 5) is 26.1. The fourth-order valence-corrected chi connectivity index (χ4v) is 3.07. The number of rotatable bonds is 8. The summed E-state index contributed by atoms with van der Waals surface area (Å²) in [6, 6.07) is 9.78. The molecule has 1 aromatic heterocycles. The molecule has 0 radical (unpaired) electrons. The van der Waals surface area contributed by atoms with Crippen LogP contribution in [0.25, 0.3) is 0 Å². The van der Waals surface area contributed by atoms with Crippen LogP contribution < -0.4 is 5.32 Å². The van der Waals surface area contributed by atoms with Gasteiger partial charge in [-0.15, -0.1) is 0 Å². The van der Waals surface area contributed by atoms with Crippen LogP contribution in [0.4, 0.5) is 5.69 Å². The van der Waals surface area contributed by atoms with E-state index in [1.165, 1.54) is 6.92 Å². The first-order valence-electron chi connectivity index (χ1n) is 9.50. The second kappa shape index (κ2) is 9.40. The Morgan fingerprint density at radius 3 is 2.15 bits per heavy atom. The van der Waals surface area contributed by atoms with Crippen LogP contribution in [-0.2, 0) is 16.1 Å². The Morgan fingerprint density at radius 1 is 1.04 bits per heavy atom. The lowest BCUT2D eigenvalue weighted by molar-refractivity contribution is -0.130. The minimum absolute atomic E-state index is 0.0790. The van der Waals surface area contributed by atoms with E-state index in [1.54, 1.807) is 17.2 Å². The van der Waals surface area contributed by atoms with Gasteiger partial charge in [0.25, 0.3) is 0 Å². The molecule has 2 rings (SSSR count). The molecule has 0 fully saturated rings. The Balaban J connectivity index is 2.07. The molecule has 0 saturated carbocycles. The van der Waals surface area contributed by atoms with Crippen LogP contribution in [0.1, 0.15) is 69.8 Å². The van der Waals surface area contributed by atoms with Gasteiger partial charge < -0.3 is 14.6 Å². The van der Waals surface area contributed by atoms with Gasteiger partial charge in [-0.05, 0) is 35.1 Å². The van der Waals surface area contributed by atoms with Gasteiger partial charge in [-0.1, -0.05) is 45.9 Å². The second-order valence-corrected chi connectivity index (χ2v) is 7.44. The van der Waals surface area contributed by atoms with E-state index in [1.807, 2.05) is 12.1 Å². The number of para-hydroxylation sites is 1. The summed E-state index contributed by atoms with van der Waals surface area (Å²) in [5.41, 5.74) is 3.18. The van der Waals surface area contributed by atoms with E-state index in [-0.39, 0.29) is 18.2 Å². The zero-order valence-corrected chi connectivity index (χ0v) is 16.9. The van der Waals surface area contributed by atoms with E-state index < -0.39 is 0 Å². The zero-order valence-electron chi connectivity index (χ0n) is 16.9. The third kappa shape index (κ3) is 5.71. The minimum atomic E-state index is -0.0873. The third-order valence-corrected chi connectivity index (χ3v) is 4.62. The lowest BCUT2D eigenvalue weighted by atomic mass is 9.92. The van der Waals surface area contributed by atoms with E-state index in [9.17, 15) is 9.59 Å². The number of hydrogen-bond donors (Lipinski definition) is 1. The quantitative estimate of drug-likeness (QED) is 0.718. The van der Waals surface area contributed by atoms with Gasteiger partial charge in [-0.2, -0.15) is 0 Å². The molecule has 1 heterocycles. The van der Waals surface area contributed by atoms with Crippen molar-refractivity contribution in [1.29, 1.82) is 0 Å². The monoisotopic (exact) mass is 370 g/mol. The first-order chi connectivity index (χ1) is 12.8. The van der Waals surface area contributed by atoms with Gasteiger partial charge in [0.2, 0.25) is 11.8 Å². The highest BCUT2D eigenvalue weighted by atomic mass is 16.3. The summed E-state index contributed by atoms with van der Waals surface area (Å²) in [6.45, 7) is 10.7. The van der Waals surface area contributed by atoms with Gasteiger partial charge >= 0.3 is 0 Å². The van der Waals surface area contributed by atoms with Crippen molar-refractivity contribution in [2.45, 2.75) is 59.4 Å². The van der Waals surface area contributed by atoms with Crippen LogP contribution in [0.3, 0.4) is 0 Å². The third-order valence-electron chi connectivity index (χ3n) is 4.62. The van der Waals surface area contributed by atoms with Crippen LogP contribution in [0.2, 0.25) is 0 Å². The van der Waals surface area contributed by atoms with Crippen molar-refractivity contribution in [3.05, 3.63) is 53.5 Å². The van der Waals surface area contributed by atoms with Gasteiger partial charge in [-0.25, -0.2) is 0 Å². The number of amides is 2. The van der Waals surface area contributed by atoms with Gasteiger partial charge in [0.1, 0.15) is 5.76 Å². The van der Waals surface area contributed by atoms with Crippen molar-refractivity contribution in [1.82, 2.24) is 4.90 Å². The number of furan rings is 1. The maximum absolute atomic E-state index is 12.6. The van der Waals surface area contributed by atoms with Crippen molar-refractivity contribution >= 4 is 17.5 Å². The fourth-order valence-electron chi connectivity index (χ4n) is 3.07. The molecular weight excluding hydrogens is 340 g/mol. The maximum atomic E-state index is 12.6. The summed E-state index contributed by atoms with van der Waals surface area (Å²) in [5, 5.41) is 3.09. The molecule has 0 aliphatic carbocycles. The van der Waals surface area contributed by atoms with E-state index in [2.05, 4.69) is 45.1 Å². The highest BCUT2D eigenvalue weighted by Gasteiger charge is 2.17. The molecule has 0 atom stereocenters. The van der Waals surface area contributed by atoms with E-state index >= 15 is 0 Å². The lowest BCUT2D eigenvalue weighted by Gasteiger charge is -2.22. The Kier molecular flexibility index (Phi) is 7.22. The molecule has 5 nitrogen and oxygen atoms in total. The Bertz CT molecular complexity index is 738. The average Bonchev–Trinajstić information content (AvgIpc) is 3.11. The largest absolute Gasteiger partial charge is 0.467 e. The van der Waals surface area contributed by atoms with Crippen molar-refractivity contribution < 1.29 is 14.0 Å². The van der Waals surface area contributed by atoms with Gasteiger partial charge in [-0.3, -0.25) is 9.59 Å². The molecule has 0 bridgehead atoms. The molecule has 0 spiro atoms. The summed E-state index contributed by atoms with van der Waals surface area (Å²) in [6.07, 6.45) is 1.82. The molecule has 27 heavy (non-hydrogen) atoms. The molecule has 0 aliphatic rings.